The van der Waals surface area contributed by atoms with Crippen LogP contribution in [0.25, 0.3) is 0 Å². The van der Waals surface area contributed by atoms with Gasteiger partial charge in [-0.1, -0.05) is 6.92 Å². The maximum absolute atomic E-state index is 10.8. The average molecular weight is 184 g/mol. The third-order valence-electron chi connectivity index (χ3n) is 3.06. The van der Waals surface area contributed by atoms with E-state index in [-0.39, 0.29) is 5.91 Å². The van der Waals surface area contributed by atoms with E-state index in [1.807, 2.05) is 0 Å². The molecular formula is C10H20N2O. The molecule has 1 aliphatic rings. The fraction of sp³-hybridized carbons (Fsp3) is 0.900. The summed E-state index contributed by atoms with van der Waals surface area (Å²) < 4.78 is 0. The zero-order valence-electron chi connectivity index (χ0n) is 8.55. The molecule has 1 fully saturated rings. The molecule has 3 atom stereocenters. The zero-order chi connectivity index (χ0) is 9.84. The molecule has 0 aromatic carbocycles. The van der Waals surface area contributed by atoms with E-state index in [1.165, 1.54) is 6.42 Å². The summed E-state index contributed by atoms with van der Waals surface area (Å²) in [4.78, 5) is 10.8. The molecule has 1 amide bonds. The van der Waals surface area contributed by atoms with Gasteiger partial charge in [0.15, 0.2) is 0 Å². The van der Waals surface area contributed by atoms with Gasteiger partial charge >= 0.3 is 0 Å². The van der Waals surface area contributed by atoms with E-state index in [0.29, 0.717) is 17.9 Å². The summed E-state index contributed by atoms with van der Waals surface area (Å²) in [5, 5.41) is 2.97. The minimum Gasteiger partial charge on any atom is -0.354 e. The Hall–Kier alpha value is -0.570. The highest BCUT2D eigenvalue weighted by molar-refractivity contribution is 5.73. The van der Waals surface area contributed by atoms with Crippen LogP contribution in [0.4, 0.5) is 0 Å². The lowest BCUT2D eigenvalue weighted by molar-refractivity contribution is -0.119. The molecule has 1 rings (SSSR count). The molecule has 0 spiro atoms. The molecule has 13 heavy (non-hydrogen) atoms. The third kappa shape index (κ3) is 2.99. The van der Waals surface area contributed by atoms with Gasteiger partial charge in [0.2, 0.25) is 5.91 Å². The third-order valence-corrected chi connectivity index (χ3v) is 3.06. The predicted molar refractivity (Wildman–Crippen MR) is 53.2 cm³/mol. The van der Waals surface area contributed by atoms with Crippen molar-refractivity contribution in [3.63, 3.8) is 0 Å². The SMILES string of the molecule is CC(=O)NC1CCC(C(C)CN)C1. The smallest absolute Gasteiger partial charge is 0.217 e. The first-order valence-electron chi connectivity index (χ1n) is 5.10. The van der Waals surface area contributed by atoms with Crippen LogP contribution in [0.3, 0.4) is 0 Å². The molecule has 0 radical (unpaired) electrons. The van der Waals surface area contributed by atoms with E-state index in [1.54, 1.807) is 6.92 Å². The molecule has 76 valence electrons. The van der Waals surface area contributed by atoms with Crippen LogP contribution in [-0.2, 0) is 4.79 Å². The highest BCUT2D eigenvalue weighted by atomic mass is 16.1. The molecule has 0 bridgehead atoms. The summed E-state index contributed by atoms with van der Waals surface area (Å²) in [6, 6.07) is 0.400. The van der Waals surface area contributed by atoms with Crippen LogP contribution in [0.1, 0.15) is 33.1 Å². The number of carbonyl (C=O) groups is 1. The molecule has 1 aliphatic carbocycles. The van der Waals surface area contributed by atoms with Gasteiger partial charge in [-0.05, 0) is 37.6 Å². The minimum absolute atomic E-state index is 0.0889. The van der Waals surface area contributed by atoms with Crippen molar-refractivity contribution in [3.8, 4) is 0 Å². The Morgan fingerprint density at radius 2 is 2.31 bits per heavy atom. The second-order valence-corrected chi connectivity index (χ2v) is 4.18. The normalized spacial score (nSPS) is 30.1. The molecule has 0 aromatic rings. The van der Waals surface area contributed by atoms with Gasteiger partial charge in [-0.15, -0.1) is 0 Å². The molecule has 0 saturated heterocycles. The lowest BCUT2D eigenvalue weighted by Gasteiger charge is -2.17. The molecule has 3 heteroatoms. The van der Waals surface area contributed by atoms with E-state index in [2.05, 4.69) is 12.2 Å². The molecule has 0 aliphatic heterocycles. The Kier molecular flexibility index (Phi) is 3.72. The largest absolute Gasteiger partial charge is 0.354 e. The fourth-order valence-corrected chi connectivity index (χ4v) is 2.14. The first kappa shape index (κ1) is 10.5. The molecule has 0 aromatic heterocycles. The second-order valence-electron chi connectivity index (χ2n) is 4.18. The maximum atomic E-state index is 10.8. The average Bonchev–Trinajstić information content (AvgIpc) is 2.50. The molecule has 0 heterocycles. The van der Waals surface area contributed by atoms with Crippen molar-refractivity contribution in [2.24, 2.45) is 17.6 Å². The summed E-state index contributed by atoms with van der Waals surface area (Å²) in [7, 11) is 0. The van der Waals surface area contributed by atoms with Gasteiger partial charge in [-0.3, -0.25) is 4.79 Å². The minimum atomic E-state index is 0.0889. The molecule has 3 nitrogen and oxygen atoms in total. The highest BCUT2D eigenvalue weighted by Crippen LogP contribution is 2.31. The molecule has 3 N–H and O–H groups in total. The van der Waals surface area contributed by atoms with Gasteiger partial charge in [0, 0.05) is 13.0 Å². The van der Waals surface area contributed by atoms with E-state index in [4.69, 9.17) is 5.73 Å². The van der Waals surface area contributed by atoms with Gasteiger partial charge in [-0.25, -0.2) is 0 Å². The van der Waals surface area contributed by atoms with E-state index in [9.17, 15) is 4.79 Å². The molecule has 1 saturated carbocycles. The Labute approximate surface area is 80.1 Å². The number of amides is 1. The van der Waals surface area contributed by atoms with Gasteiger partial charge < -0.3 is 11.1 Å². The number of hydrogen-bond donors (Lipinski definition) is 2. The first-order valence-corrected chi connectivity index (χ1v) is 5.10. The Balaban J connectivity index is 2.31. The van der Waals surface area contributed by atoms with Crippen LogP contribution in [0.15, 0.2) is 0 Å². The number of nitrogens with one attached hydrogen (secondary N) is 1. The quantitative estimate of drug-likeness (QED) is 0.684. The van der Waals surface area contributed by atoms with Crippen molar-refractivity contribution in [3.05, 3.63) is 0 Å². The second kappa shape index (κ2) is 4.61. The van der Waals surface area contributed by atoms with Crippen LogP contribution in [0.5, 0.6) is 0 Å². The summed E-state index contributed by atoms with van der Waals surface area (Å²) in [5.74, 6) is 1.40. The Morgan fingerprint density at radius 1 is 1.62 bits per heavy atom. The topological polar surface area (TPSA) is 55.1 Å². The summed E-state index contributed by atoms with van der Waals surface area (Å²) in [6.07, 6.45) is 3.44. The Morgan fingerprint density at radius 3 is 2.85 bits per heavy atom. The van der Waals surface area contributed by atoms with E-state index >= 15 is 0 Å². The van der Waals surface area contributed by atoms with Crippen LogP contribution >= 0.6 is 0 Å². The van der Waals surface area contributed by atoms with Crippen molar-refractivity contribution in [1.82, 2.24) is 5.32 Å². The van der Waals surface area contributed by atoms with E-state index < -0.39 is 0 Å². The summed E-state index contributed by atoms with van der Waals surface area (Å²) in [6.45, 7) is 4.54. The van der Waals surface area contributed by atoms with Crippen molar-refractivity contribution < 1.29 is 4.79 Å². The van der Waals surface area contributed by atoms with Crippen molar-refractivity contribution in [2.75, 3.05) is 6.54 Å². The summed E-state index contributed by atoms with van der Waals surface area (Å²) in [5.41, 5.74) is 5.61. The Bertz CT molecular complexity index is 182. The zero-order valence-corrected chi connectivity index (χ0v) is 8.55. The van der Waals surface area contributed by atoms with Crippen molar-refractivity contribution in [2.45, 2.75) is 39.2 Å². The fourth-order valence-electron chi connectivity index (χ4n) is 2.14. The lowest BCUT2D eigenvalue weighted by atomic mass is 9.92. The maximum Gasteiger partial charge on any atom is 0.217 e. The van der Waals surface area contributed by atoms with Crippen LogP contribution in [0.2, 0.25) is 0 Å². The molecular weight excluding hydrogens is 164 g/mol. The van der Waals surface area contributed by atoms with Crippen molar-refractivity contribution >= 4 is 5.91 Å². The van der Waals surface area contributed by atoms with E-state index in [0.717, 1.165) is 19.4 Å². The highest BCUT2D eigenvalue weighted by Gasteiger charge is 2.28. The van der Waals surface area contributed by atoms with Gasteiger partial charge in [0.25, 0.3) is 0 Å². The van der Waals surface area contributed by atoms with Crippen molar-refractivity contribution in [1.29, 1.82) is 0 Å². The predicted octanol–water partition coefficient (Wildman–Crippen LogP) is 0.886. The number of carbonyl (C=O) groups excluding carboxylic acids is 1. The first-order chi connectivity index (χ1) is 6.13. The van der Waals surface area contributed by atoms with Crippen LogP contribution in [0, 0.1) is 11.8 Å². The van der Waals surface area contributed by atoms with Gasteiger partial charge in [0.05, 0.1) is 0 Å². The number of rotatable bonds is 3. The van der Waals surface area contributed by atoms with Crippen LogP contribution in [-0.4, -0.2) is 18.5 Å². The summed E-state index contributed by atoms with van der Waals surface area (Å²) >= 11 is 0. The standard InChI is InChI=1S/C10H20N2O/c1-7(6-11)9-3-4-10(5-9)12-8(2)13/h7,9-10H,3-6,11H2,1-2H3,(H,12,13). The van der Waals surface area contributed by atoms with Crippen LogP contribution < -0.4 is 11.1 Å². The molecule has 3 unspecified atom stereocenters. The number of hydrogen-bond acceptors (Lipinski definition) is 2. The monoisotopic (exact) mass is 184 g/mol. The number of nitrogens with two attached hydrogens (primary N) is 1. The lowest BCUT2D eigenvalue weighted by Crippen LogP contribution is -2.31. The van der Waals surface area contributed by atoms with Gasteiger partial charge in [0.1, 0.15) is 0 Å². The van der Waals surface area contributed by atoms with Gasteiger partial charge in [-0.2, -0.15) is 0 Å².